The third-order valence-corrected chi connectivity index (χ3v) is 4.74. The van der Waals surface area contributed by atoms with Crippen LogP contribution >= 0.6 is 11.8 Å². The number of anilines is 1. The Hall–Kier alpha value is -1.46. The minimum Gasteiger partial charge on any atom is -0.394 e. The standard InChI is InChI=1S/C14H19N5O4S/c1-14(2)22-8-6(4-20)21-12(9(8)23-14)19-5-16-7-10(15)17-13(24-3)18-11(7)19/h5-6,8-9,12,20H,4H2,1-3H3,(H2,15,17,18)/t6-,8-,9-,12-/m1/s1. The number of ether oxygens (including phenoxy) is 3. The smallest absolute Gasteiger partial charge is 0.191 e. The molecule has 2 aromatic rings. The molecule has 0 radical (unpaired) electrons. The Morgan fingerprint density at radius 2 is 2.08 bits per heavy atom. The Labute approximate surface area is 142 Å². The summed E-state index contributed by atoms with van der Waals surface area (Å²) in [5.41, 5.74) is 7.06. The Kier molecular flexibility index (Phi) is 3.69. The summed E-state index contributed by atoms with van der Waals surface area (Å²) in [6, 6.07) is 0. The van der Waals surface area contributed by atoms with Crippen molar-refractivity contribution in [2.24, 2.45) is 0 Å². The van der Waals surface area contributed by atoms with Gasteiger partial charge in [0.15, 0.2) is 28.6 Å². The Morgan fingerprint density at radius 1 is 1.33 bits per heavy atom. The molecule has 130 valence electrons. The first kappa shape index (κ1) is 16.0. The van der Waals surface area contributed by atoms with E-state index >= 15 is 0 Å². The highest BCUT2D eigenvalue weighted by Gasteiger charge is 2.55. The molecule has 0 bridgehead atoms. The van der Waals surface area contributed by atoms with Gasteiger partial charge in [-0.05, 0) is 20.1 Å². The highest BCUT2D eigenvalue weighted by atomic mass is 32.2. The van der Waals surface area contributed by atoms with Crippen molar-refractivity contribution in [1.29, 1.82) is 0 Å². The number of nitrogens with zero attached hydrogens (tertiary/aromatic N) is 4. The van der Waals surface area contributed by atoms with Gasteiger partial charge in [-0.1, -0.05) is 11.8 Å². The third-order valence-electron chi connectivity index (χ3n) is 4.19. The number of nitrogens with two attached hydrogens (primary N) is 1. The molecule has 10 heteroatoms. The lowest BCUT2D eigenvalue weighted by molar-refractivity contribution is -0.199. The average Bonchev–Trinajstić information content (AvgIpc) is 3.17. The number of hydrogen-bond acceptors (Lipinski definition) is 9. The average molecular weight is 353 g/mol. The molecule has 2 aromatic heterocycles. The second-order valence-corrected chi connectivity index (χ2v) is 7.01. The quantitative estimate of drug-likeness (QED) is 0.602. The predicted octanol–water partition coefficient (Wildman–Crippen LogP) is 0.540. The highest BCUT2D eigenvalue weighted by Crippen LogP contribution is 2.43. The molecule has 0 amide bonds. The van der Waals surface area contributed by atoms with Crippen LogP contribution in [0.3, 0.4) is 0 Å². The first-order valence-corrected chi connectivity index (χ1v) is 8.82. The Morgan fingerprint density at radius 3 is 2.79 bits per heavy atom. The van der Waals surface area contributed by atoms with E-state index in [1.165, 1.54) is 11.8 Å². The summed E-state index contributed by atoms with van der Waals surface area (Å²) in [7, 11) is 0. The fourth-order valence-corrected chi connectivity index (χ4v) is 3.59. The molecular weight excluding hydrogens is 334 g/mol. The minimum absolute atomic E-state index is 0.156. The van der Waals surface area contributed by atoms with E-state index in [-0.39, 0.29) is 18.8 Å². The number of hydrogen-bond donors (Lipinski definition) is 2. The summed E-state index contributed by atoms with van der Waals surface area (Å²) in [6.45, 7) is 3.53. The normalized spacial score (nSPS) is 31.7. The molecule has 9 nitrogen and oxygen atoms in total. The maximum absolute atomic E-state index is 9.60. The molecule has 2 aliphatic heterocycles. The number of imidazole rings is 1. The number of rotatable bonds is 3. The molecule has 0 aromatic carbocycles. The fourth-order valence-electron chi connectivity index (χ4n) is 3.23. The van der Waals surface area contributed by atoms with Crippen LogP contribution in [0, 0.1) is 0 Å². The van der Waals surface area contributed by atoms with Crippen molar-refractivity contribution in [3.8, 4) is 0 Å². The van der Waals surface area contributed by atoms with Crippen LogP contribution < -0.4 is 5.73 Å². The van der Waals surface area contributed by atoms with Gasteiger partial charge in [-0.2, -0.15) is 0 Å². The van der Waals surface area contributed by atoms with Gasteiger partial charge in [0.25, 0.3) is 0 Å². The van der Waals surface area contributed by atoms with Crippen LogP contribution in [-0.2, 0) is 14.2 Å². The van der Waals surface area contributed by atoms with Gasteiger partial charge in [0.05, 0.1) is 12.9 Å². The van der Waals surface area contributed by atoms with Crippen molar-refractivity contribution >= 4 is 28.7 Å². The molecule has 2 saturated heterocycles. The van der Waals surface area contributed by atoms with Gasteiger partial charge in [-0.25, -0.2) is 15.0 Å². The lowest BCUT2D eigenvalue weighted by atomic mass is 10.1. The van der Waals surface area contributed by atoms with E-state index in [9.17, 15) is 5.11 Å². The van der Waals surface area contributed by atoms with Crippen molar-refractivity contribution in [3.63, 3.8) is 0 Å². The van der Waals surface area contributed by atoms with Gasteiger partial charge in [0.2, 0.25) is 0 Å². The Bertz CT molecular complexity index is 782. The molecule has 2 fully saturated rings. The molecule has 24 heavy (non-hydrogen) atoms. The molecule has 4 atom stereocenters. The zero-order valence-corrected chi connectivity index (χ0v) is 14.4. The largest absolute Gasteiger partial charge is 0.394 e. The molecule has 0 unspecified atom stereocenters. The number of fused-ring (bicyclic) bond motifs is 2. The predicted molar refractivity (Wildman–Crippen MR) is 86.3 cm³/mol. The van der Waals surface area contributed by atoms with Gasteiger partial charge in [0.1, 0.15) is 23.8 Å². The second kappa shape index (κ2) is 5.53. The summed E-state index contributed by atoms with van der Waals surface area (Å²) in [5.74, 6) is -0.417. The van der Waals surface area contributed by atoms with Crippen molar-refractivity contribution in [1.82, 2.24) is 19.5 Å². The number of aromatic nitrogens is 4. The zero-order valence-electron chi connectivity index (χ0n) is 13.5. The fraction of sp³-hybridized carbons (Fsp3) is 0.643. The molecule has 0 aliphatic carbocycles. The summed E-state index contributed by atoms with van der Waals surface area (Å²) >= 11 is 1.40. The summed E-state index contributed by atoms with van der Waals surface area (Å²) in [6.07, 6.45) is 1.77. The number of nitrogen functional groups attached to an aromatic ring is 1. The van der Waals surface area contributed by atoms with Gasteiger partial charge in [-0.15, -0.1) is 0 Å². The molecule has 0 saturated carbocycles. The van der Waals surface area contributed by atoms with Crippen LogP contribution in [0.25, 0.3) is 11.2 Å². The van der Waals surface area contributed by atoms with E-state index in [2.05, 4.69) is 15.0 Å². The van der Waals surface area contributed by atoms with E-state index in [1.807, 2.05) is 20.1 Å². The molecule has 2 aliphatic rings. The van der Waals surface area contributed by atoms with Crippen LogP contribution in [0.2, 0.25) is 0 Å². The maximum atomic E-state index is 9.60. The minimum atomic E-state index is -0.736. The molecule has 0 spiro atoms. The second-order valence-electron chi connectivity index (χ2n) is 6.23. The first-order chi connectivity index (χ1) is 11.4. The van der Waals surface area contributed by atoms with E-state index in [0.717, 1.165) is 0 Å². The molecule has 3 N–H and O–H groups in total. The van der Waals surface area contributed by atoms with E-state index in [4.69, 9.17) is 19.9 Å². The lowest BCUT2D eigenvalue weighted by Crippen LogP contribution is -2.31. The van der Waals surface area contributed by atoms with Crippen LogP contribution in [0.15, 0.2) is 11.5 Å². The van der Waals surface area contributed by atoms with Crippen molar-refractivity contribution < 1.29 is 19.3 Å². The van der Waals surface area contributed by atoms with Gasteiger partial charge in [-0.3, -0.25) is 4.57 Å². The zero-order chi connectivity index (χ0) is 17.1. The van der Waals surface area contributed by atoms with Crippen LogP contribution in [-0.4, -0.2) is 61.6 Å². The van der Waals surface area contributed by atoms with Crippen LogP contribution in [0.4, 0.5) is 5.82 Å². The van der Waals surface area contributed by atoms with Crippen molar-refractivity contribution in [2.75, 3.05) is 18.6 Å². The summed E-state index contributed by atoms with van der Waals surface area (Å²) < 4.78 is 19.6. The van der Waals surface area contributed by atoms with E-state index < -0.39 is 18.1 Å². The maximum Gasteiger partial charge on any atom is 0.191 e. The number of aliphatic hydroxyl groups is 1. The summed E-state index contributed by atoms with van der Waals surface area (Å²) in [5, 5.41) is 10.2. The summed E-state index contributed by atoms with van der Waals surface area (Å²) in [4.78, 5) is 13.0. The first-order valence-electron chi connectivity index (χ1n) is 7.59. The number of aliphatic hydroxyl groups excluding tert-OH is 1. The van der Waals surface area contributed by atoms with Gasteiger partial charge in [0, 0.05) is 0 Å². The van der Waals surface area contributed by atoms with E-state index in [0.29, 0.717) is 22.1 Å². The van der Waals surface area contributed by atoms with E-state index in [1.54, 1.807) is 10.9 Å². The lowest BCUT2D eigenvalue weighted by Gasteiger charge is -2.24. The number of thioether (sulfide) groups is 1. The monoisotopic (exact) mass is 353 g/mol. The third kappa shape index (κ3) is 2.37. The SMILES string of the molecule is CSc1nc(N)c2ncn([C@@H]3O[C@H](CO)[C@H]4OC(C)(C)O[C@H]43)c2n1. The van der Waals surface area contributed by atoms with Crippen LogP contribution in [0.5, 0.6) is 0 Å². The van der Waals surface area contributed by atoms with Crippen LogP contribution in [0.1, 0.15) is 20.1 Å². The van der Waals surface area contributed by atoms with Crippen molar-refractivity contribution in [2.45, 2.75) is 49.3 Å². The highest BCUT2D eigenvalue weighted by molar-refractivity contribution is 7.98. The molecular formula is C14H19N5O4S. The Balaban J connectivity index is 1.78. The molecule has 4 rings (SSSR count). The van der Waals surface area contributed by atoms with Gasteiger partial charge < -0.3 is 25.1 Å². The van der Waals surface area contributed by atoms with Crippen molar-refractivity contribution in [3.05, 3.63) is 6.33 Å². The topological polar surface area (TPSA) is 118 Å². The van der Waals surface area contributed by atoms with Gasteiger partial charge >= 0.3 is 0 Å². The molecule has 4 heterocycles.